The molecule has 1 atom stereocenters. The second kappa shape index (κ2) is 5.12. The molecule has 1 aliphatic heterocycles. The first kappa shape index (κ1) is 13.5. The second-order valence-electron chi connectivity index (χ2n) is 5.54. The number of Topliss-reactive ketones (excluding diaryl/α,β-unsaturated/α-hetero) is 1. The van der Waals surface area contributed by atoms with Crippen molar-refractivity contribution in [2.75, 3.05) is 0 Å². The van der Waals surface area contributed by atoms with E-state index in [1.54, 1.807) is 12.1 Å². The van der Waals surface area contributed by atoms with E-state index in [-0.39, 0.29) is 11.5 Å². The maximum atomic E-state index is 12.1. The van der Waals surface area contributed by atoms with E-state index in [0.29, 0.717) is 18.8 Å². The number of hydrogen-bond donors (Lipinski definition) is 1. The maximum absolute atomic E-state index is 12.1. The molecule has 0 spiro atoms. The molecule has 21 heavy (non-hydrogen) atoms. The highest BCUT2D eigenvalue weighted by Crippen LogP contribution is 2.30. The Kier molecular flexibility index (Phi) is 3.29. The number of nitrogens with zero attached hydrogens (tertiary/aromatic N) is 2. The lowest BCUT2D eigenvalue weighted by molar-refractivity contribution is -0.384. The molecular weight excluding hydrogens is 270 g/mol. The number of allylic oxidation sites excluding steroid dienone is 2. The summed E-state index contributed by atoms with van der Waals surface area (Å²) in [6.07, 6.45) is 1.91. The minimum Gasteiger partial charge on any atom is -0.294 e. The van der Waals surface area contributed by atoms with Crippen LogP contribution in [-0.4, -0.2) is 16.4 Å². The van der Waals surface area contributed by atoms with Crippen LogP contribution >= 0.6 is 0 Å². The SMILES string of the molecule is CC1CC(=O)C2=C(C1)NN=C(c1ccc([N+](=O)[O-])cc1)C2. The first-order valence-corrected chi connectivity index (χ1v) is 6.87. The predicted octanol–water partition coefficient (Wildman–Crippen LogP) is 2.55. The standard InChI is InChI=1S/C15H15N3O3/c1-9-6-14-12(15(19)7-9)8-13(16-17-14)10-2-4-11(5-3-10)18(20)21/h2-5,9,17H,6-8H2,1H3. The van der Waals surface area contributed by atoms with Gasteiger partial charge in [0.15, 0.2) is 5.78 Å². The van der Waals surface area contributed by atoms with Crippen molar-refractivity contribution >= 4 is 17.2 Å². The average Bonchev–Trinajstić information content (AvgIpc) is 2.47. The van der Waals surface area contributed by atoms with Gasteiger partial charge in [-0.2, -0.15) is 5.10 Å². The molecule has 1 aromatic rings. The van der Waals surface area contributed by atoms with E-state index in [0.717, 1.165) is 29.0 Å². The van der Waals surface area contributed by atoms with Crippen LogP contribution in [0.1, 0.15) is 31.7 Å². The van der Waals surface area contributed by atoms with Crippen molar-refractivity contribution in [3.63, 3.8) is 0 Å². The van der Waals surface area contributed by atoms with Crippen LogP contribution in [0.2, 0.25) is 0 Å². The molecule has 1 N–H and O–H groups in total. The largest absolute Gasteiger partial charge is 0.294 e. The third-order valence-corrected chi connectivity index (χ3v) is 3.87. The minimum absolute atomic E-state index is 0.0468. The third-order valence-electron chi connectivity index (χ3n) is 3.87. The van der Waals surface area contributed by atoms with Gasteiger partial charge >= 0.3 is 0 Å². The highest BCUT2D eigenvalue weighted by molar-refractivity contribution is 6.09. The zero-order valence-electron chi connectivity index (χ0n) is 11.6. The summed E-state index contributed by atoms with van der Waals surface area (Å²) in [4.78, 5) is 22.3. The lowest BCUT2D eigenvalue weighted by atomic mass is 9.84. The number of nitro groups is 1. The highest BCUT2D eigenvalue weighted by Gasteiger charge is 2.28. The van der Waals surface area contributed by atoms with Gasteiger partial charge < -0.3 is 0 Å². The van der Waals surface area contributed by atoms with Gasteiger partial charge in [-0.1, -0.05) is 6.92 Å². The smallest absolute Gasteiger partial charge is 0.269 e. The molecule has 1 aliphatic carbocycles. The lowest BCUT2D eigenvalue weighted by Crippen LogP contribution is -2.29. The van der Waals surface area contributed by atoms with Crippen LogP contribution < -0.4 is 5.43 Å². The summed E-state index contributed by atoms with van der Waals surface area (Å²) in [5.74, 6) is 0.519. The van der Waals surface area contributed by atoms with E-state index in [2.05, 4.69) is 17.5 Å². The summed E-state index contributed by atoms with van der Waals surface area (Å²) in [7, 11) is 0. The summed E-state index contributed by atoms with van der Waals surface area (Å²) in [5, 5.41) is 15.0. The fourth-order valence-electron chi connectivity index (χ4n) is 2.75. The molecule has 3 rings (SSSR count). The minimum atomic E-state index is -0.433. The third kappa shape index (κ3) is 2.56. The molecule has 1 aromatic carbocycles. The first-order valence-electron chi connectivity index (χ1n) is 6.87. The summed E-state index contributed by atoms with van der Waals surface area (Å²) in [5.41, 5.74) is 6.29. The van der Waals surface area contributed by atoms with Gasteiger partial charge in [0, 0.05) is 36.2 Å². The fourth-order valence-corrected chi connectivity index (χ4v) is 2.75. The first-order chi connectivity index (χ1) is 10.0. The average molecular weight is 285 g/mol. The van der Waals surface area contributed by atoms with Crippen LogP contribution in [0.25, 0.3) is 0 Å². The van der Waals surface area contributed by atoms with E-state index in [9.17, 15) is 14.9 Å². The Bertz CT molecular complexity index is 674. The van der Waals surface area contributed by atoms with Crippen molar-refractivity contribution in [2.45, 2.75) is 26.2 Å². The number of nitrogens with one attached hydrogen (secondary N) is 1. The van der Waals surface area contributed by atoms with Gasteiger partial charge in [-0.05, 0) is 30.0 Å². The van der Waals surface area contributed by atoms with Crippen LogP contribution in [0.5, 0.6) is 0 Å². The van der Waals surface area contributed by atoms with Gasteiger partial charge in [-0.15, -0.1) is 0 Å². The van der Waals surface area contributed by atoms with Crippen molar-refractivity contribution < 1.29 is 9.72 Å². The summed E-state index contributed by atoms with van der Waals surface area (Å²) < 4.78 is 0. The molecule has 0 radical (unpaired) electrons. The lowest BCUT2D eigenvalue weighted by Gasteiger charge is -2.27. The number of nitro benzene ring substituents is 1. The molecular formula is C15H15N3O3. The van der Waals surface area contributed by atoms with Crippen molar-refractivity contribution in [1.82, 2.24) is 5.43 Å². The fraction of sp³-hybridized carbons (Fsp3) is 0.333. The molecule has 0 saturated carbocycles. The number of carbonyl (C=O) groups is 1. The van der Waals surface area contributed by atoms with E-state index < -0.39 is 4.92 Å². The van der Waals surface area contributed by atoms with Gasteiger partial charge in [0.1, 0.15) is 0 Å². The normalized spacial score (nSPS) is 21.5. The van der Waals surface area contributed by atoms with Gasteiger partial charge in [0.2, 0.25) is 0 Å². The van der Waals surface area contributed by atoms with Gasteiger partial charge in [0.05, 0.1) is 10.6 Å². The second-order valence-corrected chi connectivity index (χ2v) is 5.54. The van der Waals surface area contributed by atoms with Crippen LogP contribution in [0.15, 0.2) is 40.6 Å². The van der Waals surface area contributed by atoms with E-state index in [1.165, 1.54) is 12.1 Å². The van der Waals surface area contributed by atoms with Crippen molar-refractivity contribution in [1.29, 1.82) is 0 Å². The molecule has 0 amide bonds. The summed E-state index contributed by atoms with van der Waals surface area (Å²) in [6.45, 7) is 2.05. The van der Waals surface area contributed by atoms with Gasteiger partial charge in [-0.3, -0.25) is 20.3 Å². The number of non-ortho nitro benzene ring substituents is 1. The topological polar surface area (TPSA) is 84.6 Å². The molecule has 6 heteroatoms. The van der Waals surface area contributed by atoms with Crippen molar-refractivity contribution in [3.05, 3.63) is 51.2 Å². The Labute approximate surface area is 121 Å². The summed E-state index contributed by atoms with van der Waals surface area (Å²) >= 11 is 0. The monoisotopic (exact) mass is 285 g/mol. The molecule has 0 fully saturated rings. The Morgan fingerprint density at radius 2 is 2.00 bits per heavy atom. The van der Waals surface area contributed by atoms with E-state index >= 15 is 0 Å². The number of rotatable bonds is 2. The Morgan fingerprint density at radius 1 is 1.29 bits per heavy atom. The zero-order chi connectivity index (χ0) is 15.0. The van der Waals surface area contributed by atoms with Crippen LogP contribution in [0.4, 0.5) is 5.69 Å². The van der Waals surface area contributed by atoms with Crippen LogP contribution in [-0.2, 0) is 4.79 Å². The number of hydrazone groups is 1. The van der Waals surface area contributed by atoms with E-state index in [4.69, 9.17) is 0 Å². The molecule has 108 valence electrons. The van der Waals surface area contributed by atoms with Crippen LogP contribution in [0.3, 0.4) is 0 Å². The molecule has 1 unspecified atom stereocenters. The highest BCUT2D eigenvalue weighted by atomic mass is 16.6. The Hall–Kier alpha value is -2.50. The maximum Gasteiger partial charge on any atom is 0.269 e. The molecule has 0 aromatic heterocycles. The number of carbonyl (C=O) groups excluding carboxylic acids is 1. The quantitative estimate of drug-likeness (QED) is 0.668. The molecule has 2 aliphatic rings. The predicted molar refractivity (Wildman–Crippen MR) is 77.8 cm³/mol. The molecule has 6 nitrogen and oxygen atoms in total. The van der Waals surface area contributed by atoms with Gasteiger partial charge in [0.25, 0.3) is 5.69 Å². The van der Waals surface area contributed by atoms with E-state index in [1.807, 2.05) is 0 Å². The number of ketones is 1. The number of benzene rings is 1. The van der Waals surface area contributed by atoms with Gasteiger partial charge in [-0.25, -0.2) is 0 Å². The Morgan fingerprint density at radius 3 is 2.67 bits per heavy atom. The van der Waals surface area contributed by atoms with Crippen molar-refractivity contribution in [3.8, 4) is 0 Å². The molecule has 0 bridgehead atoms. The Balaban J connectivity index is 1.83. The number of hydrogen-bond acceptors (Lipinski definition) is 5. The molecule has 1 heterocycles. The van der Waals surface area contributed by atoms with Crippen molar-refractivity contribution in [2.24, 2.45) is 11.0 Å². The zero-order valence-corrected chi connectivity index (χ0v) is 11.6. The summed E-state index contributed by atoms with van der Waals surface area (Å²) in [6, 6.07) is 6.24. The molecule has 0 saturated heterocycles. The van der Waals surface area contributed by atoms with Crippen LogP contribution in [0, 0.1) is 16.0 Å².